The number of carbonyl (C=O) groups excluding carboxylic acids is 1. The Bertz CT molecular complexity index is 1320. The Kier molecular flexibility index (Phi) is 6.72. The molecule has 2 aromatic carbocycles. The molecule has 0 spiro atoms. The highest BCUT2D eigenvalue weighted by Crippen LogP contribution is 2.51. The third-order valence-corrected chi connectivity index (χ3v) is 8.51. The van der Waals surface area contributed by atoms with Gasteiger partial charge in [-0.25, -0.2) is 9.78 Å². The number of amides is 1. The number of hydrogen-bond acceptors (Lipinski definition) is 7. The summed E-state index contributed by atoms with van der Waals surface area (Å²) >= 11 is 0. The highest BCUT2D eigenvalue weighted by molar-refractivity contribution is 8.24. The molecule has 1 aromatic heterocycles. The summed E-state index contributed by atoms with van der Waals surface area (Å²) in [6.45, 7) is 9.63. The number of nitrogens with zero attached hydrogens (tertiary/aromatic N) is 3. The van der Waals surface area contributed by atoms with Gasteiger partial charge in [0, 0.05) is 37.5 Å². The van der Waals surface area contributed by atoms with Crippen LogP contribution in [0, 0.1) is 6.92 Å². The number of rotatable bonds is 3. The highest BCUT2D eigenvalue weighted by atomic mass is 32.3. The zero-order valence-electron chi connectivity index (χ0n) is 21.8. The quantitative estimate of drug-likeness (QED) is 0.429. The van der Waals surface area contributed by atoms with Gasteiger partial charge >= 0.3 is 6.09 Å². The van der Waals surface area contributed by atoms with Crippen molar-refractivity contribution in [2.24, 2.45) is 0 Å². The minimum atomic E-state index is -2.87. The average Bonchev–Trinajstić information content (AvgIpc) is 3.24. The van der Waals surface area contributed by atoms with E-state index in [9.17, 15) is 13.9 Å². The summed E-state index contributed by atoms with van der Waals surface area (Å²) < 4.78 is 33.6. The summed E-state index contributed by atoms with van der Waals surface area (Å²) in [6.07, 6.45) is 0.225. The second kappa shape index (κ2) is 9.70. The molecule has 2 aliphatic heterocycles. The number of aryl methyl sites for hydroxylation is 1. The van der Waals surface area contributed by atoms with Crippen LogP contribution in [0.25, 0.3) is 10.9 Å². The smallest absolute Gasteiger partial charge is 0.410 e. The zero-order valence-corrected chi connectivity index (χ0v) is 22.6. The van der Waals surface area contributed by atoms with E-state index in [1.807, 2.05) is 64.1 Å². The Labute approximate surface area is 219 Å². The summed E-state index contributed by atoms with van der Waals surface area (Å²) in [6, 6.07) is 15.5. The van der Waals surface area contributed by atoms with Crippen LogP contribution >= 0.6 is 10.6 Å². The molecule has 9 heteroatoms. The van der Waals surface area contributed by atoms with Crippen LogP contribution in [0.15, 0.2) is 53.4 Å². The van der Waals surface area contributed by atoms with Crippen molar-refractivity contribution in [2.75, 3.05) is 30.3 Å². The summed E-state index contributed by atoms with van der Waals surface area (Å²) in [5.41, 5.74) is 2.26. The molecule has 2 aliphatic rings. The van der Waals surface area contributed by atoms with Crippen LogP contribution in [0.4, 0.5) is 10.6 Å². The third kappa shape index (κ3) is 5.63. The number of benzene rings is 2. The van der Waals surface area contributed by atoms with Gasteiger partial charge in [-0.05, 0) is 51.5 Å². The van der Waals surface area contributed by atoms with Crippen LogP contribution in [0.5, 0.6) is 5.75 Å². The SMILES string of the molecule is Cc1ccc2nc(N3CCS(O)(O)c4ccccc4C3)cc(OC3CCN(C(=O)OC(C)(C)C)C3)c2c1. The van der Waals surface area contributed by atoms with Gasteiger partial charge in [-0.1, -0.05) is 29.8 Å². The number of ether oxygens (including phenoxy) is 2. The van der Waals surface area contributed by atoms with Crippen molar-refractivity contribution in [3.05, 3.63) is 59.7 Å². The molecule has 5 rings (SSSR count). The predicted molar refractivity (Wildman–Crippen MR) is 147 cm³/mol. The average molecular weight is 526 g/mol. The van der Waals surface area contributed by atoms with E-state index in [2.05, 4.69) is 11.0 Å². The molecule has 1 unspecified atom stereocenters. The molecule has 0 saturated carbocycles. The maximum absolute atomic E-state index is 12.6. The number of hydrogen-bond donors (Lipinski definition) is 2. The Hall–Kier alpha value is -3.01. The normalized spacial score (nSPS) is 20.3. The van der Waals surface area contributed by atoms with Crippen molar-refractivity contribution in [1.82, 2.24) is 9.88 Å². The maximum atomic E-state index is 12.6. The van der Waals surface area contributed by atoms with Crippen LogP contribution in [0.3, 0.4) is 0 Å². The van der Waals surface area contributed by atoms with Crippen molar-refractivity contribution in [1.29, 1.82) is 0 Å². The summed E-state index contributed by atoms with van der Waals surface area (Å²) in [5.74, 6) is 1.67. The van der Waals surface area contributed by atoms with Crippen molar-refractivity contribution >= 4 is 33.4 Å². The Morgan fingerprint density at radius 1 is 1.11 bits per heavy atom. The van der Waals surface area contributed by atoms with E-state index >= 15 is 0 Å². The van der Waals surface area contributed by atoms with Gasteiger partial charge in [0.2, 0.25) is 0 Å². The summed E-state index contributed by atoms with van der Waals surface area (Å²) in [7, 11) is -2.87. The van der Waals surface area contributed by atoms with Crippen molar-refractivity contribution in [3.63, 3.8) is 0 Å². The van der Waals surface area contributed by atoms with Gasteiger partial charge in [0.1, 0.15) is 23.3 Å². The first-order valence-corrected chi connectivity index (χ1v) is 14.3. The first kappa shape index (κ1) is 25.6. The van der Waals surface area contributed by atoms with E-state index in [0.29, 0.717) is 43.2 Å². The first-order chi connectivity index (χ1) is 17.5. The van der Waals surface area contributed by atoms with E-state index in [4.69, 9.17) is 14.5 Å². The minimum absolute atomic E-state index is 0.164. The molecule has 0 radical (unpaired) electrons. The molecule has 0 bridgehead atoms. The van der Waals surface area contributed by atoms with Gasteiger partial charge in [-0.15, -0.1) is 0 Å². The van der Waals surface area contributed by atoms with E-state index in [1.54, 1.807) is 11.0 Å². The molecule has 1 atom stereocenters. The predicted octanol–water partition coefficient (Wildman–Crippen LogP) is 6.06. The number of anilines is 1. The second-order valence-corrected chi connectivity index (χ2v) is 13.0. The number of carbonyl (C=O) groups is 1. The molecule has 3 aromatic rings. The molecule has 1 fully saturated rings. The molecule has 0 aliphatic carbocycles. The zero-order chi connectivity index (χ0) is 26.4. The number of likely N-dealkylation sites (tertiary alicyclic amines) is 1. The molecule has 37 heavy (non-hydrogen) atoms. The molecule has 1 amide bonds. The standard InChI is InChI=1S/C28H35N3O5S/c1-19-9-10-23-22(15-19)24(35-21-11-12-31(18-21)27(32)36-28(2,3)4)16-26(29-23)30-13-14-37(33,34)25-8-6-5-7-20(25)17-30/h5-10,15-16,21,33-34H,11-14,17-18H2,1-4H3. The number of pyridine rings is 1. The lowest BCUT2D eigenvalue weighted by Crippen LogP contribution is -2.36. The molecule has 1 saturated heterocycles. The van der Waals surface area contributed by atoms with Crippen LogP contribution in [-0.2, 0) is 11.3 Å². The summed E-state index contributed by atoms with van der Waals surface area (Å²) in [5, 5.41) is 0.916. The largest absolute Gasteiger partial charge is 0.488 e. The molecule has 198 valence electrons. The second-order valence-electron chi connectivity index (χ2n) is 10.9. The highest BCUT2D eigenvalue weighted by Gasteiger charge is 2.32. The van der Waals surface area contributed by atoms with Gasteiger partial charge in [-0.3, -0.25) is 9.11 Å². The van der Waals surface area contributed by atoms with Crippen LogP contribution in [-0.4, -0.2) is 62.2 Å². The number of aromatic nitrogens is 1. The van der Waals surface area contributed by atoms with Gasteiger partial charge in [0.25, 0.3) is 0 Å². The fraction of sp³-hybridized carbons (Fsp3) is 0.429. The van der Waals surface area contributed by atoms with Crippen molar-refractivity contribution in [3.8, 4) is 5.75 Å². The lowest BCUT2D eigenvalue weighted by Gasteiger charge is -2.32. The molecule has 3 heterocycles. The van der Waals surface area contributed by atoms with E-state index in [-0.39, 0.29) is 18.0 Å². The molecular weight excluding hydrogens is 490 g/mol. The lowest BCUT2D eigenvalue weighted by atomic mass is 10.1. The van der Waals surface area contributed by atoms with Crippen molar-refractivity contribution < 1.29 is 23.4 Å². The molecule has 2 N–H and O–H groups in total. The van der Waals surface area contributed by atoms with Gasteiger partial charge < -0.3 is 19.3 Å². The monoisotopic (exact) mass is 525 g/mol. The minimum Gasteiger partial charge on any atom is -0.488 e. The topological polar surface area (TPSA) is 95.4 Å². The third-order valence-electron chi connectivity index (χ3n) is 6.66. The van der Waals surface area contributed by atoms with Gasteiger partial charge in [0.05, 0.1) is 22.7 Å². The lowest BCUT2D eigenvalue weighted by molar-refractivity contribution is 0.0276. The van der Waals surface area contributed by atoms with Crippen molar-refractivity contribution in [2.45, 2.75) is 57.3 Å². The fourth-order valence-corrected chi connectivity index (χ4v) is 6.38. The first-order valence-electron chi connectivity index (χ1n) is 12.6. The van der Waals surface area contributed by atoms with E-state index in [1.165, 1.54) is 0 Å². The summed E-state index contributed by atoms with van der Waals surface area (Å²) in [4.78, 5) is 21.9. The van der Waals surface area contributed by atoms with Crippen LogP contribution in [0.2, 0.25) is 0 Å². The van der Waals surface area contributed by atoms with Crippen LogP contribution < -0.4 is 9.64 Å². The Morgan fingerprint density at radius 2 is 1.89 bits per heavy atom. The maximum Gasteiger partial charge on any atom is 0.410 e. The molecule has 8 nitrogen and oxygen atoms in total. The van der Waals surface area contributed by atoms with Gasteiger partial charge in [-0.2, -0.15) is 10.6 Å². The fourth-order valence-electron chi connectivity index (χ4n) is 4.83. The Balaban J connectivity index is 1.44. The Morgan fingerprint density at radius 3 is 2.68 bits per heavy atom. The van der Waals surface area contributed by atoms with E-state index in [0.717, 1.165) is 27.8 Å². The van der Waals surface area contributed by atoms with Gasteiger partial charge in [0.15, 0.2) is 0 Å². The number of fused-ring (bicyclic) bond motifs is 2. The molecular formula is C28H35N3O5S. The van der Waals surface area contributed by atoms with E-state index < -0.39 is 16.2 Å². The van der Waals surface area contributed by atoms with Crippen LogP contribution in [0.1, 0.15) is 38.3 Å².